The van der Waals surface area contributed by atoms with Crippen LogP contribution in [-0.2, 0) is 0 Å². The van der Waals surface area contributed by atoms with Gasteiger partial charge < -0.3 is 30.7 Å². The lowest BCUT2D eigenvalue weighted by molar-refractivity contribution is 0.434. The number of hydrogen-bond acceptors (Lipinski definition) is 14. The average molecular weight is 719 g/mol. The van der Waals surface area contributed by atoms with Crippen molar-refractivity contribution in [2.45, 2.75) is 41.5 Å². The number of nitrogens with one attached hydrogen (secondary N) is 4. The standard InChI is InChI=1S/C40H38N12O2/c1-23-16-25(3)33(26(4)17-23)53-39-49-35(47-37(51-39)45-31-12-10-29(21-41)11-13-31)43-14-15-44-36-48-38(46-32-9-7-8-30(20-32)22-42)52-40(50-36)54-34-27(5)18-24(2)19-28(34)6/h7-13,16-20H,14-15H2,1-6H3,(H2,43,45,47,49,51)(H2,44,46,48,50,52). The number of hydrogen-bond donors (Lipinski definition) is 4. The molecule has 14 nitrogen and oxygen atoms in total. The van der Waals surface area contributed by atoms with Crippen LogP contribution in [0.15, 0.2) is 72.8 Å². The Bertz CT molecular complexity index is 2360. The smallest absolute Gasteiger partial charge is 0.328 e. The predicted molar refractivity (Wildman–Crippen MR) is 207 cm³/mol. The first-order valence-electron chi connectivity index (χ1n) is 17.1. The van der Waals surface area contributed by atoms with Gasteiger partial charge >= 0.3 is 12.0 Å². The molecule has 2 heterocycles. The van der Waals surface area contributed by atoms with Crippen molar-refractivity contribution in [2.24, 2.45) is 0 Å². The summed E-state index contributed by atoms with van der Waals surface area (Å²) in [6.45, 7) is 12.7. The third kappa shape index (κ3) is 9.31. The summed E-state index contributed by atoms with van der Waals surface area (Å²) in [6.07, 6.45) is 0. The zero-order valence-electron chi connectivity index (χ0n) is 30.7. The van der Waals surface area contributed by atoms with Gasteiger partial charge in [0.05, 0.1) is 23.3 Å². The molecule has 0 saturated heterocycles. The Morgan fingerprint density at radius 1 is 0.500 bits per heavy atom. The second kappa shape index (κ2) is 16.4. The van der Waals surface area contributed by atoms with Crippen molar-refractivity contribution < 1.29 is 9.47 Å². The van der Waals surface area contributed by atoms with Crippen molar-refractivity contribution in [3.63, 3.8) is 0 Å². The Kier molecular flexibility index (Phi) is 11.0. The molecule has 0 radical (unpaired) electrons. The molecule has 0 aliphatic carbocycles. The van der Waals surface area contributed by atoms with Crippen LogP contribution < -0.4 is 30.7 Å². The number of rotatable bonds is 13. The van der Waals surface area contributed by atoms with Gasteiger partial charge in [-0.25, -0.2) is 0 Å². The molecule has 4 N–H and O–H groups in total. The lowest BCUT2D eigenvalue weighted by atomic mass is 10.1. The molecule has 270 valence electrons. The van der Waals surface area contributed by atoms with Gasteiger partial charge in [-0.3, -0.25) is 0 Å². The first-order valence-corrected chi connectivity index (χ1v) is 17.1. The number of aromatic nitrogens is 6. The third-order valence-electron chi connectivity index (χ3n) is 8.04. The van der Waals surface area contributed by atoms with Gasteiger partial charge in [-0.2, -0.15) is 40.4 Å². The first kappa shape index (κ1) is 36.5. The molecule has 0 saturated carbocycles. The molecular formula is C40H38N12O2. The van der Waals surface area contributed by atoms with Crippen LogP contribution >= 0.6 is 0 Å². The quantitative estimate of drug-likeness (QED) is 0.0834. The van der Waals surface area contributed by atoms with Crippen molar-refractivity contribution >= 4 is 35.2 Å². The Morgan fingerprint density at radius 3 is 1.41 bits per heavy atom. The molecule has 0 spiro atoms. The molecule has 14 heteroatoms. The first-order chi connectivity index (χ1) is 26.0. The van der Waals surface area contributed by atoms with Crippen molar-refractivity contribution in [1.29, 1.82) is 10.5 Å². The zero-order valence-corrected chi connectivity index (χ0v) is 30.7. The fraction of sp³-hybridized carbons (Fsp3) is 0.200. The molecule has 0 fully saturated rings. The highest BCUT2D eigenvalue weighted by atomic mass is 16.5. The Morgan fingerprint density at radius 2 is 0.944 bits per heavy atom. The van der Waals surface area contributed by atoms with Crippen LogP contribution in [0.4, 0.5) is 35.2 Å². The van der Waals surface area contributed by atoms with Gasteiger partial charge in [-0.05, 0) is 106 Å². The molecule has 0 unspecified atom stereocenters. The van der Waals surface area contributed by atoms with E-state index in [0.717, 1.165) is 33.4 Å². The summed E-state index contributed by atoms with van der Waals surface area (Å²) >= 11 is 0. The van der Waals surface area contributed by atoms with Gasteiger partial charge in [0.25, 0.3) is 0 Å². The number of nitrogens with zero attached hydrogens (tertiary/aromatic N) is 8. The highest BCUT2D eigenvalue weighted by Crippen LogP contribution is 2.31. The lowest BCUT2D eigenvalue weighted by Gasteiger charge is -2.15. The van der Waals surface area contributed by atoms with Gasteiger partial charge in [0.15, 0.2) is 0 Å². The summed E-state index contributed by atoms with van der Waals surface area (Å²) in [4.78, 5) is 27.2. The van der Waals surface area contributed by atoms with Crippen LogP contribution in [0.3, 0.4) is 0 Å². The fourth-order valence-corrected chi connectivity index (χ4v) is 5.81. The summed E-state index contributed by atoms with van der Waals surface area (Å²) in [6, 6.07) is 26.5. The molecule has 4 aromatic carbocycles. The maximum atomic E-state index is 9.38. The second-order valence-corrected chi connectivity index (χ2v) is 12.7. The van der Waals surface area contributed by atoms with Crippen LogP contribution in [0.25, 0.3) is 0 Å². The van der Waals surface area contributed by atoms with Gasteiger partial charge in [-0.15, -0.1) is 0 Å². The van der Waals surface area contributed by atoms with Crippen LogP contribution in [0, 0.1) is 64.2 Å². The molecule has 0 amide bonds. The topological polar surface area (TPSA) is 191 Å². The van der Waals surface area contributed by atoms with Crippen LogP contribution in [0.1, 0.15) is 44.5 Å². The van der Waals surface area contributed by atoms with Crippen LogP contribution in [0.2, 0.25) is 0 Å². The highest BCUT2D eigenvalue weighted by molar-refractivity contribution is 5.58. The maximum Gasteiger partial charge on any atom is 0.328 e. The fourth-order valence-electron chi connectivity index (χ4n) is 5.81. The number of benzene rings is 4. The monoisotopic (exact) mass is 718 g/mol. The van der Waals surface area contributed by atoms with Crippen molar-refractivity contribution in [1.82, 2.24) is 29.9 Å². The van der Waals surface area contributed by atoms with Crippen molar-refractivity contribution in [3.05, 3.63) is 117 Å². The van der Waals surface area contributed by atoms with Gasteiger partial charge in [-0.1, -0.05) is 41.5 Å². The molecule has 2 aromatic heterocycles. The largest absolute Gasteiger partial charge is 0.424 e. The normalized spacial score (nSPS) is 10.5. The second-order valence-electron chi connectivity index (χ2n) is 12.7. The molecule has 6 rings (SSSR count). The van der Waals surface area contributed by atoms with Crippen LogP contribution in [0.5, 0.6) is 23.5 Å². The molecule has 0 bridgehead atoms. The summed E-state index contributed by atoms with van der Waals surface area (Å²) in [5.41, 5.74) is 8.40. The van der Waals surface area contributed by atoms with Gasteiger partial charge in [0.1, 0.15) is 11.5 Å². The van der Waals surface area contributed by atoms with E-state index < -0.39 is 0 Å². The Labute approximate surface area is 313 Å². The number of aryl methyl sites for hydroxylation is 6. The summed E-state index contributed by atoms with van der Waals surface area (Å²) in [5.74, 6) is 2.33. The summed E-state index contributed by atoms with van der Waals surface area (Å²) < 4.78 is 12.4. The molecule has 0 aliphatic heterocycles. The van der Waals surface area contributed by atoms with E-state index in [-0.39, 0.29) is 35.8 Å². The van der Waals surface area contributed by atoms with E-state index in [4.69, 9.17) is 9.47 Å². The van der Waals surface area contributed by atoms with E-state index in [0.29, 0.717) is 47.1 Å². The number of nitriles is 2. The zero-order chi connectivity index (χ0) is 38.2. The molecule has 6 aromatic rings. The van der Waals surface area contributed by atoms with E-state index in [1.165, 1.54) is 0 Å². The third-order valence-corrected chi connectivity index (χ3v) is 8.04. The number of anilines is 6. The Balaban J connectivity index is 1.22. The van der Waals surface area contributed by atoms with Gasteiger partial charge in [0.2, 0.25) is 23.8 Å². The van der Waals surface area contributed by atoms with Crippen molar-refractivity contribution in [2.75, 3.05) is 34.4 Å². The predicted octanol–water partition coefficient (Wildman–Crippen LogP) is 8.25. The van der Waals surface area contributed by atoms with Gasteiger partial charge in [0, 0.05) is 24.5 Å². The molecule has 54 heavy (non-hydrogen) atoms. The Hall–Kier alpha value is -7.32. The molecule has 0 atom stereocenters. The minimum Gasteiger partial charge on any atom is -0.424 e. The summed E-state index contributed by atoms with van der Waals surface area (Å²) in [7, 11) is 0. The summed E-state index contributed by atoms with van der Waals surface area (Å²) in [5, 5.41) is 31.4. The van der Waals surface area contributed by atoms with Crippen LogP contribution in [-0.4, -0.2) is 43.0 Å². The lowest BCUT2D eigenvalue weighted by Crippen LogP contribution is -2.18. The number of ether oxygens (including phenoxy) is 2. The molecule has 0 aliphatic rings. The molecular weight excluding hydrogens is 681 g/mol. The van der Waals surface area contributed by atoms with E-state index in [1.54, 1.807) is 42.5 Å². The maximum absolute atomic E-state index is 9.38. The minimum atomic E-state index is 0.0916. The van der Waals surface area contributed by atoms with E-state index in [2.05, 4.69) is 63.3 Å². The van der Waals surface area contributed by atoms with E-state index >= 15 is 0 Å². The SMILES string of the molecule is Cc1cc(C)c(Oc2nc(NCCNc3nc(Nc4cccc(C#N)c4)nc(Oc4c(C)cc(C)cc4C)n3)nc(Nc3ccc(C#N)cc3)n2)c(C)c1. The van der Waals surface area contributed by atoms with Crippen molar-refractivity contribution in [3.8, 4) is 35.7 Å². The average Bonchev–Trinajstić information content (AvgIpc) is 3.13. The highest BCUT2D eigenvalue weighted by Gasteiger charge is 2.15. The minimum absolute atomic E-state index is 0.0916. The van der Waals surface area contributed by atoms with E-state index in [9.17, 15) is 10.5 Å². The van der Waals surface area contributed by atoms with E-state index in [1.807, 2.05) is 71.9 Å².